The number of thiazole rings is 1. The Balaban J connectivity index is 1.49. The van der Waals surface area contributed by atoms with Gasteiger partial charge in [-0.05, 0) is 11.5 Å². The molecule has 6 nitrogen and oxygen atoms in total. The van der Waals surface area contributed by atoms with Crippen LogP contribution < -0.4 is 5.32 Å². The van der Waals surface area contributed by atoms with E-state index in [0.29, 0.717) is 17.6 Å². The van der Waals surface area contributed by atoms with E-state index in [2.05, 4.69) is 29.2 Å². The van der Waals surface area contributed by atoms with Crippen molar-refractivity contribution in [1.82, 2.24) is 9.99 Å². The lowest BCUT2D eigenvalue weighted by Gasteiger charge is -2.10. The summed E-state index contributed by atoms with van der Waals surface area (Å²) >= 11 is 1.40. The average molecular weight is 370 g/mol. The molecule has 0 unspecified atom stereocenters. The van der Waals surface area contributed by atoms with E-state index in [1.807, 2.05) is 35.7 Å². The summed E-state index contributed by atoms with van der Waals surface area (Å²) in [5.41, 5.74) is 2.90. The number of rotatable bonds is 6. The molecular formula is C19H22N4O2S. The molecule has 1 aliphatic heterocycles. The molecule has 0 atom stereocenters. The Kier molecular flexibility index (Phi) is 5.78. The van der Waals surface area contributed by atoms with Crippen molar-refractivity contribution in [2.75, 3.05) is 11.9 Å². The Hall–Kier alpha value is -2.54. The van der Waals surface area contributed by atoms with Gasteiger partial charge in [0, 0.05) is 24.6 Å². The fourth-order valence-electron chi connectivity index (χ4n) is 2.61. The normalized spacial score (nSPS) is 13.8. The van der Waals surface area contributed by atoms with Crippen molar-refractivity contribution >= 4 is 34.0 Å². The number of anilines is 1. The highest BCUT2D eigenvalue weighted by Crippen LogP contribution is 2.21. The molecule has 7 heteroatoms. The number of nitrogens with one attached hydrogen (secondary N) is 1. The molecule has 0 aliphatic carbocycles. The Labute approximate surface area is 156 Å². The molecule has 1 aromatic heterocycles. The van der Waals surface area contributed by atoms with E-state index in [0.717, 1.165) is 23.4 Å². The second-order valence-electron chi connectivity index (χ2n) is 6.46. The van der Waals surface area contributed by atoms with Crippen molar-refractivity contribution < 1.29 is 9.59 Å². The largest absolute Gasteiger partial charge is 0.302 e. The molecule has 2 amide bonds. The van der Waals surface area contributed by atoms with E-state index < -0.39 is 0 Å². The molecule has 0 radical (unpaired) electrons. The first kappa shape index (κ1) is 18.3. The highest BCUT2D eigenvalue weighted by atomic mass is 32.1. The second kappa shape index (κ2) is 8.23. The monoisotopic (exact) mass is 370 g/mol. The van der Waals surface area contributed by atoms with E-state index in [1.54, 1.807) is 0 Å². The lowest BCUT2D eigenvalue weighted by Crippen LogP contribution is -2.24. The van der Waals surface area contributed by atoms with Gasteiger partial charge in [-0.1, -0.05) is 44.2 Å². The zero-order valence-electron chi connectivity index (χ0n) is 14.9. The minimum atomic E-state index is -0.200. The summed E-state index contributed by atoms with van der Waals surface area (Å²) < 4.78 is 0. The van der Waals surface area contributed by atoms with Gasteiger partial charge in [-0.15, -0.1) is 11.3 Å². The molecule has 2 heterocycles. The number of aromatic nitrogens is 1. The smallest absolute Gasteiger partial charge is 0.243 e. The van der Waals surface area contributed by atoms with Crippen LogP contribution in [0.4, 0.5) is 5.13 Å². The van der Waals surface area contributed by atoms with Gasteiger partial charge < -0.3 is 5.32 Å². The minimum absolute atomic E-state index is 0.127. The molecule has 1 aromatic carbocycles. The van der Waals surface area contributed by atoms with Crippen LogP contribution in [-0.4, -0.2) is 34.1 Å². The van der Waals surface area contributed by atoms with Crippen molar-refractivity contribution in [1.29, 1.82) is 0 Å². The van der Waals surface area contributed by atoms with E-state index in [1.165, 1.54) is 16.3 Å². The van der Waals surface area contributed by atoms with Gasteiger partial charge in [0.2, 0.25) is 11.8 Å². The quantitative estimate of drug-likeness (QED) is 0.844. The highest BCUT2D eigenvalue weighted by molar-refractivity contribution is 7.13. The first-order chi connectivity index (χ1) is 12.5. The minimum Gasteiger partial charge on any atom is -0.302 e. The Bertz CT molecular complexity index is 814. The van der Waals surface area contributed by atoms with E-state index >= 15 is 0 Å². The first-order valence-electron chi connectivity index (χ1n) is 8.71. The van der Waals surface area contributed by atoms with Gasteiger partial charge in [0.1, 0.15) is 0 Å². The van der Waals surface area contributed by atoms with Crippen molar-refractivity contribution in [2.24, 2.45) is 5.10 Å². The average Bonchev–Trinajstić information content (AvgIpc) is 3.30. The number of hydrogen-bond acceptors (Lipinski definition) is 5. The number of carbonyl (C=O) groups is 2. The summed E-state index contributed by atoms with van der Waals surface area (Å²) in [6, 6.07) is 9.83. The summed E-state index contributed by atoms with van der Waals surface area (Å²) in [5, 5.41) is 11.1. The fourth-order valence-corrected chi connectivity index (χ4v) is 3.50. The molecule has 0 spiro atoms. The summed E-state index contributed by atoms with van der Waals surface area (Å²) in [6.07, 6.45) is 1.00. The Morgan fingerprint density at radius 2 is 2.00 bits per heavy atom. The third kappa shape index (κ3) is 4.54. The molecule has 0 saturated heterocycles. The van der Waals surface area contributed by atoms with Crippen LogP contribution in [0, 0.1) is 0 Å². The van der Waals surface area contributed by atoms with Crippen LogP contribution in [0.3, 0.4) is 0 Å². The van der Waals surface area contributed by atoms with Crippen LogP contribution in [0.25, 0.3) is 0 Å². The van der Waals surface area contributed by atoms with Crippen LogP contribution in [0.2, 0.25) is 0 Å². The SMILES string of the molecule is CC(C)c1csc(NC(=O)CCC(=O)N2CCC(c3ccccc3)=N2)n1. The molecule has 1 aliphatic rings. The van der Waals surface area contributed by atoms with Gasteiger partial charge in [-0.3, -0.25) is 9.59 Å². The molecule has 0 fully saturated rings. The Morgan fingerprint density at radius 1 is 1.23 bits per heavy atom. The van der Waals surface area contributed by atoms with Crippen molar-refractivity contribution in [3.05, 3.63) is 47.0 Å². The van der Waals surface area contributed by atoms with Gasteiger partial charge >= 0.3 is 0 Å². The van der Waals surface area contributed by atoms with Crippen molar-refractivity contribution in [3.8, 4) is 0 Å². The molecule has 136 valence electrons. The summed E-state index contributed by atoms with van der Waals surface area (Å²) in [4.78, 5) is 28.7. The van der Waals surface area contributed by atoms with Gasteiger partial charge in [-0.25, -0.2) is 9.99 Å². The highest BCUT2D eigenvalue weighted by Gasteiger charge is 2.22. The lowest BCUT2D eigenvalue weighted by atomic mass is 10.1. The fraction of sp³-hybridized carbons (Fsp3) is 0.368. The summed E-state index contributed by atoms with van der Waals surface area (Å²) in [5.74, 6) is -0.00660. The van der Waals surface area contributed by atoms with E-state index in [9.17, 15) is 9.59 Å². The van der Waals surface area contributed by atoms with Gasteiger partial charge in [0.15, 0.2) is 5.13 Å². The van der Waals surface area contributed by atoms with Gasteiger partial charge in [0.05, 0.1) is 18.0 Å². The predicted octanol–water partition coefficient (Wildman–Crippen LogP) is 3.62. The maximum Gasteiger partial charge on any atom is 0.243 e. The zero-order valence-corrected chi connectivity index (χ0v) is 15.8. The number of amides is 2. The zero-order chi connectivity index (χ0) is 18.5. The Morgan fingerprint density at radius 3 is 2.69 bits per heavy atom. The van der Waals surface area contributed by atoms with Crippen LogP contribution in [0.15, 0.2) is 40.8 Å². The van der Waals surface area contributed by atoms with Crippen molar-refractivity contribution in [3.63, 3.8) is 0 Å². The molecule has 26 heavy (non-hydrogen) atoms. The maximum absolute atomic E-state index is 12.3. The second-order valence-corrected chi connectivity index (χ2v) is 7.32. The topological polar surface area (TPSA) is 74.7 Å². The van der Waals surface area contributed by atoms with Gasteiger partial charge in [0.25, 0.3) is 0 Å². The molecular weight excluding hydrogens is 348 g/mol. The maximum atomic E-state index is 12.3. The van der Waals surface area contributed by atoms with Gasteiger partial charge in [-0.2, -0.15) is 5.10 Å². The number of carbonyl (C=O) groups excluding carboxylic acids is 2. The third-order valence-electron chi connectivity index (χ3n) is 4.12. The number of hydrazone groups is 1. The third-order valence-corrected chi connectivity index (χ3v) is 4.90. The number of hydrogen-bond donors (Lipinski definition) is 1. The molecule has 1 N–H and O–H groups in total. The predicted molar refractivity (Wildman–Crippen MR) is 103 cm³/mol. The standard InChI is InChI=1S/C19H22N4O2S/c1-13(2)16-12-26-19(20-16)21-17(24)8-9-18(25)23-11-10-15(22-23)14-6-4-3-5-7-14/h3-7,12-13H,8-11H2,1-2H3,(H,20,21,24). The van der Waals surface area contributed by atoms with E-state index in [4.69, 9.17) is 0 Å². The van der Waals surface area contributed by atoms with Crippen LogP contribution in [0.5, 0.6) is 0 Å². The molecule has 2 aromatic rings. The van der Waals surface area contributed by atoms with Crippen LogP contribution in [0.1, 0.15) is 50.3 Å². The lowest BCUT2D eigenvalue weighted by molar-refractivity contribution is -0.132. The number of benzene rings is 1. The number of nitrogens with zero attached hydrogens (tertiary/aromatic N) is 3. The van der Waals surface area contributed by atoms with Crippen molar-refractivity contribution in [2.45, 2.75) is 39.0 Å². The van der Waals surface area contributed by atoms with Crippen LogP contribution in [-0.2, 0) is 9.59 Å². The molecule has 3 rings (SSSR count). The summed E-state index contributed by atoms with van der Waals surface area (Å²) in [6.45, 7) is 4.67. The summed E-state index contributed by atoms with van der Waals surface area (Å²) in [7, 11) is 0. The van der Waals surface area contributed by atoms with Crippen LogP contribution >= 0.6 is 11.3 Å². The van der Waals surface area contributed by atoms with E-state index in [-0.39, 0.29) is 24.7 Å². The molecule has 0 saturated carbocycles. The first-order valence-corrected chi connectivity index (χ1v) is 9.59. The molecule has 0 bridgehead atoms.